The normalized spacial score (nSPS) is 10.5. The minimum absolute atomic E-state index is 0.884. The number of furan rings is 1. The number of nitrogens with one attached hydrogen (secondary N) is 1. The van der Waals surface area contributed by atoms with Gasteiger partial charge in [-0.3, -0.25) is 0 Å². The molecule has 18 heavy (non-hydrogen) atoms. The van der Waals surface area contributed by atoms with Crippen LogP contribution in [0.4, 0.5) is 10.8 Å². The van der Waals surface area contributed by atoms with Gasteiger partial charge in [0.1, 0.15) is 0 Å². The molecule has 0 saturated carbocycles. The maximum absolute atomic E-state index is 5.05. The predicted molar refractivity (Wildman–Crippen MR) is 74.3 cm³/mol. The molecule has 90 valence electrons. The third-order valence-corrected chi connectivity index (χ3v) is 3.38. The Bertz CT molecular complexity index is 626. The lowest BCUT2D eigenvalue weighted by Gasteiger charge is -2.02. The van der Waals surface area contributed by atoms with Gasteiger partial charge in [0.15, 0.2) is 5.13 Å². The Balaban J connectivity index is 1.80. The number of aryl methyl sites for hydroxylation is 1. The molecule has 4 heteroatoms. The van der Waals surface area contributed by atoms with Crippen molar-refractivity contribution in [3.63, 3.8) is 0 Å². The van der Waals surface area contributed by atoms with Crippen molar-refractivity contribution in [3.8, 4) is 11.3 Å². The van der Waals surface area contributed by atoms with E-state index in [2.05, 4.69) is 29.4 Å². The van der Waals surface area contributed by atoms with Gasteiger partial charge in [0.25, 0.3) is 0 Å². The van der Waals surface area contributed by atoms with Gasteiger partial charge < -0.3 is 9.73 Å². The van der Waals surface area contributed by atoms with Crippen molar-refractivity contribution in [2.24, 2.45) is 0 Å². The first-order chi connectivity index (χ1) is 8.81. The molecular formula is C14H12N2OS. The fourth-order valence-corrected chi connectivity index (χ4v) is 2.37. The van der Waals surface area contributed by atoms with Crippen molar-refractivity contribution in [2.45, 2.75) is 6.92 Å². The smallest absolute Gasteiger partial charge is 0.187 e. The third-order valence-electron chi connectivity index (χ3n) is 2.62. The van der Waals surface area contributed by atoms with E-state index in [1.54, 1.807) is 23.9 Å². The van der Waals surface area contributed by atoms with E-state index >= 15 is 0 Å². The van der Waals surface area contributed by atoms with E-state index in [1.807, 2.05) is 23.6 Å². The van der Waals surface area contributed by atoms with Crippen LogP contribution in [0.15, 0.2) is 52.7 Å². The molecule has 3 aromatic rings. The van der Waals surface area contributed by atoms with Crippen LogP contribution in [0.3, 0.4) is 0 Å². The van der Waals surface area contributed by atoms with Gasteiger partial charge in [0.05, 0.1) is 18.2 Å². The number of hydrogen-bond donors (Lipinski definition) is 1. The number of hydrogen-bond acceptors (Lipinski definition) is 4. The molecular weight excluding hydrogens is 244 g/mol. The van der Waals surface area contributed by atoms with Crippen LogP contribution in [0.2, 0.25) is 0 Å². The number of benzene rings is 1. The van der Waals surface area contributed by atoms with Crippen molar-refractivity contribution >= 4 is 22.2 Å². The molecule has 0 spiro atoms. The Morgan fingerprint density at radius 2 is 2.00 bits per heavy atom. The summed E-state index contributed by atoms with van der Waals surface area (Å²) < 4.78 is 5.05. The van der Waals surface area contributed by atoms with Crippen molar-refractivity contribution in [1.82, 2.24) is 4.98 Å². The first-order valence-corrected chi connectivity index (χ1v) is 6.51. The molecule has 0 amide bonds. The molecule has 0 aliphatic rings. The molecule has 0 aliphatic heterocycles. The number of rotatable bonds is 3. The van der Waals surface area contributed by atoms with Gasteiger partial charge in [0.2, 0.25) is 0 Å². The van der Waals surface area contributed by atoms with Crippen LogP contribution < -0.4 is 5.32 Å². The summed E-state index contributed by atoms with van der Waals surface area (Å²) in [5.74, 6) is 0. The average molecular weight is 256 g/mol. The Morgan fingerprint density at radius 3 is 2.72 bits per heavy atom. The minimum Gasteiger partial charge on any atom is -0.472 e. The van der Waals surface area contributed by atoms with Crippen molar-refractivity contribution in [2.75, 3.05) is 5.32 Å². The van der Waals surface area contributed by atoms with Gasteiger partial charge in [0, 0.05) is 16.6 Å². The molecule has 0 fully saturated rings. The van der Waals surface area contributed by atoms with E-state index in [0.717, 1.165) is 22.1 Å². The molecule has 0 saturated heterocycles. The zero-order valence-electron chi connectivity index (χ0n) is 9.88. The largest absolute Gasteiger partial charge is 0.472 e. The lowest BCUT2D eigenvalue weighted by Crippen LogP contribution is -1.89. The van der Waals surface area contributed by atoms with E-state index in [1.165, 1.54) is 5.56 Å². The lowest BCUT2D eigenvalue weighted by atomic mass is 10.2. The summed E-state index contributed by atoms with van der Waals surface area (Å²) in [4.78, 5) is 4.52. The number of nitrogens with zero attached hydrogens (tertiary/aromatic N) is 1. The molecule has 0 bridgehead atoms. The summed E-state index contributed by atoms with van der Waals surface area (Å²) in [5.41, 5.74) is 4.24. The fourth-order valence-electron chi connectivity index (χ4n) is 1.63. The van der Waals surface area contributed by atoms with E-state index in [4.69, 9.17) is 4.42 Å². The van der Waals surface area contributed by atoms with Crippen LogP contribution in [0.1, 0.15) is 5.56 Å². The molecule has 3 rings (SSSR count). The van der Waals surface area contributed by atoms with Crippen LogP contribution >= 0.6 is 11.3 Å². The highest BCUT2D eigenvalue weighted by atomic mass is 32.1. The van der Waals surface area contributed by atoms with Crippen LogP contribution in [0, 0.1) is 6.92 Å². The van der Waals surface area contributed by atoms with Crippen molar-refractivity contribution in [3.05, 3.63) is 53.8 Å². The van der Waals surface area contributed by atoms with Gasteiger partial charge in [-0.05, 0) is 25.1 Å². The zero-order chi connectivity index (χ0) is 12.4. The maximum Gasteiger partial charge on any atom is 0.187 e. The fraction of sp³-hybridized carbons (Fsp3) is 0.0714. The summed E-state index contributed by atoms with van der Waals surface area (Å²) in [7, 11) is 0. The standard InChI is InChI=1S/C14H12N2OS/c1-10-2-4-12(5-3-10)15-14-16-13(9-18-14)11-6-7-17-8-11/h2-9H,1H3,(H,15,16). The molecule has 2 heterocycles. The molecule has 0 aliphatic carbocycles. The summed E-state index contributed by atoms with van der Waals surface area (Å²) in [6.07, 6.45) is 3.35. The van der Waals surface area contributed by atoms with Crippen LogP contribution in [-0.4, -0.2) is 4.98 Å². The molecule has 0 unspecified atom stereocenters. The third kappa shape index (κ3) is 2.28. The Morgan fingerprint density at radius 1 is 1.17 bits per heavy atom. The Hall–Kier alpha value is -2.07. The van der Waals surface area contributed by atoms with E-state index in [9.17, 15) is 0 Å². The predicted octanol–water partition coefficient (Wildman–Crippen LogP) is 4.46. The van der Waals surface area contributed by atoms with E-state index in [0.29, 0.717) is 0 Å². The quantitative estimate of drug-likeness (QED) is 0.752. The van der Waals surface area contributed by atoms with Gasteiger partial charge in [-0.2, -0.15) is 0 Å². The second-order valence-corrected chi connectivity index (χ2v) is 4.90. The van der Waals surface area contributed by atoms with Crippen molar-refractivity contribution in [1.29, 1.82) is 0 Å². The molecule has 1 N–H and O–H groups in total. The minimum atomic E-state index is 0.884. The topological polar surface area (TPSA) is 38.1 Å². The van der Waals surface area contributed by atoms with Gasteiger partial charge >= 0.3 is 0 Å². The molecule has 1 aromatic carbocycles. The lowest BCUT2D eigenvalue weighted by molar-refractivity contribution is 0.568. The maximum atomic E-state index is 5.05. The number of thiazole rings is 1. The Labute approximate surface area is 109 Å². The van der Waals surface area contributed by atoms with E-state index < -0.39 is 0 Å². The second kappa shape index (κ2) is 4.66. The Kier molecular flexibility index (Phi) is 2.86. The molecule has 3 nitrogen and oxygen atoms in total. The van der Waals surface area contributed by atoms with Gasteiger partial charge in [-0.15, -0.1) is 11.3 Å². The van der Waals surface area contributed by atoms with Crippen molar-refractivity contribution < 1.29 is 4.42 Å². The molecule has 0 radical (unpaired) electrons. The van der Waals surface area contributed by atoms with Gasteiger partial charge in [-0.1, -0.05) is 17.7 Å². The first-order valence-electron chi connectivity index (χ1n) is 5.63. The number of aromatic nitrogens is 1. The molecule has 0 atom stereocenters. The van der Waals surface area contributed by atoms with E-state index in [-0.39, 0.29) is 0 Å². The zero-order valence-corrected chi connectivity index (χ0v) is 10.7. The highest BCUT2D eigenvalue weighted by Gasteiger charge is 2.05. The summed E-state index contributed by atoms with van der Waals surface area (Å²) in [6, 6.07) is 10.2. The summed E-state index contributed by atoms with van der Waals surface area (Å²) in [6.45, 7) is 2.07. The van der Waals surface area contributed by atoms with Gasteiger partial charge in [-0.25, -0.2) is 4.98 Å². The second-order valence-electron chi connectivity index (χ2n) is 4.04. The molecule has 2 aromatic heterocycles. The summed E-state index contributed by atoms with van der Waals surface area (Å²) >= 11 is 1.58. The average Bonchev–Trinajstić information content (AvgIpc) is 3.02. The van der Waals surface area contributed by atoms with Crippen LogP contribution in [-0.2, 0) is 0 Å². The first kappa shape index (κ1) is 11.0. The SMILES string of the molecule is Cc1ccc(Nc2nc(-c3ccoc3)cs2)cc1. The van der Waals surface area contributed by atoms with Crippen LogP contribution in [0.25, 0.3) is 11.3 Å². The van der Waals surface area contributed by atoms with Crippen LogP contribution in [0.5, 0.6) is 0 Å². The highest BCUT2D eigenvalue weighted by Crippen LogP contribution is 2.27. The highest BCUT2D eigenvalue weighted by molar-refractivity contribution is 7.14. The monoisotopic (exact) mass is 256 g/mol. The number of anilines is 2. The summed E-state index contributed by atoms with van der Waals surface area (Å²) in [5, 5.41) is 6.19.